The molecule has 1 amide bonds. The fourth-order valence-electron chi connectivity index (χ4n) is 1.85. The van der Waals surface area contributed by atoms with E-state index in [1.807, 2.05) is 20.8 Å². The third-order valence-corrected chi connectivity index (χ3v) is 2.64. The van der Waals surface area contributed by atoms with Crippen LogP contribution in [0.4, 0.5) is 4.79 Å². The van der Waals surface area contributed by atoms with Gasteiger partial charge in [0.25, 0.3) is 0 Å². The van der Waals surface area contributed by atoms with Gasteiger partial charge in [-0.15, -0.1) is 0 Å². The summed E-state index contributed by atoms with van der Waals surface area (Å²) in [5.74, 6) is 0.963. The van der Waals surface area contributed by atoms with Crippen LogP contribution in [0.15, 0.2) is 4.79 Å². The molecule has 1 saturated heterocycles. The van der Waals surface area contributed by atoms with E-state index in [-0.39, 0.29) is 11.8 Å². The van der Waals surface area contributed by atoms with Crippen LogP contribution >= 0.6 is 0 Å². The molecule has 0 saturated carbocycles. The number of nitrogens with one attached hydrogen (secondary N) is 2. The molecular weight excluding hydrogens is 236 g/mol. The van der Waals surface area contributed by atoms with Crippen LogP contribution < -0.4 is 5.69 Å². The van der Waals surface area contributed by atoms with Crippen molar-refractivity contribution in [3.05, 3.63) is 16.3 Å². The molecule has 0 aromatic carbocycles. The molecule has 1 aliphatic heterocycles. The maximum Gasteiger partial charge on any atom is 0.410 e. The molecule has 0 unspecified atom stereocenters. The van der Waals surface area contributed by atoms with E-state index in [0.717, 1.165) is 0 Å². The Balaban J connectivity index is 1.77. The zero-order valence-electron chi connectivity index (χ0n) is 10.8. The number of carbonyl (C=O) groups excluding carboxylic acids is 1. The molecule has 1 aromatic rings. The lowest BCUT2D eigenvalue weighted by atomic mass is 9.97. The zero-order chi connectivity index (χ0) is 13.3. The van der Waals surface area contributed by atoms with Crippen LogP contribution in [0.5, 0.6) is 0 Å². The molecule has 0 atom stereocenters. The van der Waals surface area contributed by atoms with Gasteiger partial charge in [0.15, 0.2) is 0 Å². The number of ether oxygens (including phenoxy) is 1. The molecular formula is C11H18N4O3. The van der Waals surface area contributed by atoms with Gasteiger partial charge in [0.2, 0.25) is 0 Å². The van der Waals surface area contributed by atoms with E-state index in [9.17, 15) is 9.59 Å². The highest BCUT2D eigenvalue weighted by Crippen LogP contribution is 2.21. The van der Waals surface area contributed by atoms with Crippen molar-refractivity contribution < 1.29 is 9.53 Å². The van der Waals surface area contributed by atoms with Gasteiger partial charge in [0, 0.05) is 25.4 Å². The van der Waals surface area contributed by atoms with E-state index >= 15 is 0 Å². The molecule has 1 fully saturated rings. The molecule has 7 nitrogen and oxygen atoms in total. The van der Waals surface area contributed by atoms with Crippen molar-refractivity contribution in [3.8, 4) is 0 Å². The molecule has 0 aliphatic carbocycles. The van der Waals surface area contributed by atoms with Crippen LogP contribution in [0.1, 0.15) is 26.6 Å². The second-order valence-corrected chi connectivity index (χ2v) is 5.58. The monoisotopic (exact) mass is 254 g/mol. The first-order chi connectivity index (χ1) is 8.33. The van der Waals surface area contributed by atoms with Crippen LogP contribution in [-0.4, -0.2) is 44.9 Å². The molecule has 2 N–H and O–H groups in total. The number of H-pyrrole nitrogens is 2. The van der Waals surface area contributed by atoms with Gasteiger partial charge in [-0.25, -0.2) is 14.7 Å². The SMILES string of the molecule is CC(C)(C)OC(=O)N1CC(Cc2n[nH]c(=O)[nH]2)C1. The predicted octanol–water partition coefficient (Wildman–Crippen LogP) is 0.507. The molecule has 1 aromatic heterocycles. The Morgan fingerprint density at radius 2 is 2.17 bits per heavy atom. The summed E-state index contributed by atoms with van der Waals surface area (Å²) in [6, 6.07) is 0. The van der Waals surface area contributed by atoms with Gasteiger partial charge in [-0.2, -0.15) is 5.10 Å². The summed E-state index contributed by atoms with van der Waals surface area (Å²) in [5.41, 5.74) is -0.761. The molecule has 7 heteroatoms. The van der Waals surface area contributed by atoms with E-state index in [2.05, 4.69) is 15.2 Å². The number of aromatic amines is 2. The number of nitrogens with zero attached hydrogens (tertiary/aromatic N) is 2. The van der Waals surface area contributed by atoms with Gasteiger partial charge in [-0.1, -0.05) is 0 Å². The molecule has 0 radical (unpaired) electrons. The highest BCUT2D eigenvalue weighted by molar-refractivity contribution is 5.69. The zero-order valence-corrected chi connectivity index (χ0v) is 10.8. The van der Waals surface area contributed by atoms with Gasteiger partial charge < -0.3 is 9.64 Å². The van der Waals surface area contributed by atoms with E-state index in [4.69, 9.17) is 4.74 Å². The molecule has 0 bridgehead atoms. The number of carbonyl (C=O) groups is 1. The number of hydrogen-bond acceptors (Lipinski definition) is 4. The lowest BCUT2D eigenvalue weighted by Crippen LogP contribution is -2.52. The van der Waals surface area contributed by atoms with E-state index in [0.29, 0.717) is 31.3 Å². The third kappa shape index (κ3) is 3.12. The predicted molar refractivity (Wildman–Crippen MR) is 64.2 cm³/mol. The first-order valence-corrected chi connectivity index (χ1v) is 5.95. The molecule has 2 rings (SSSR count). The Kier molecular flexibility index (Phi) is 3.14. The first kappa shape index (κ1) is 12.7. The third-order valence-electron chi connectivity index (χ3n) is 2.64. The molecule has 0 spiro atoms. The Morgan fingerprint density at radius 3 is 2.67 bits per heavy atom. The maximum atomic E-state index is 11.7. The van der Waals surface area contributed by atoms with Gasteiger partial charge in [-0.3, -0.25) is 4.98 Å². The van der Waals surface area contributed by atoms with Crippen molar-refractivity contribution in [2.45, 2.75) is 32.8 Å². The number of rotatable bonds is 2. The summed E-state index contributed by atoms with van der Waals surface area (Å²) in [5, 5.41) is 6.16. The molecule has 18 heavy (non-hydrogen) atoms. The Labute approximate surface area is 105 Å². The summed E-state index contributed by atoms with van der Waals surface area (Å²) < 4.78 is 5.25. The van der Waals surface area contributed by atoms with E-state index < -0.39 is 5.60 Å². The average Bonchev–Trinajstić information content (AvgIpc) is 2.53. The highest BCUT2D eigenvalue weighted by Gasteiger charge is 2.34. The normalized spacial score (nSPS) is 16.5. The minimum atomic E-state index is -0.463. The van der Waals surface area contributed by atoms with E-state index in [1.54, 1.807) is 4.90 Å². The Morgan fingerprint density at radius 1 is 1.50 bits per heavy atom. The van der Waals surface area contributed by atoms with Crippen molar-refractivity contribution in [1.29, 1.82) is 0 Å². The van der Waals surface area contributed by atoms with Crippen LogP contribution in [0.2, 0.25) is 0 Å². The molecule has 1 aliphatic rings. The van der Waals surface area contributed by atoms with Gasteiger partial charge >= 0.3 is 11.8 Å². The minimum absolute atomic E-state index is 0.283. The average molecular weight is 254 g/mol. The molecule has 2 heterocycles. The standard InChI is InChI=1S/C11H18N4O3/c1-11(2,3)18-10(17)15-5-7(6-15)4-8-12-9(16)14-13-8/h7H,4-6H2,1-3H3,(H2,12,13,14,16). The van der Waals surface area contributed by atoms with Crippen LogP contribution in [0, 0.1) is 5.92 Å². The van der Waals surface area contributed by atoms with Crippen LogP contribution in [-0.2, 0) is 11.2 Å². The van der Waals surface area contributed by atoms with Crippen molar-refractivity contribution >= 4 is 6.09 Å². The highest BCUT2D eigenvalue weighted by atomic mass is 16.6. The van der Waals surface area contributed by atoms with Gasteiger partial charge in [0.05, 0.1) is 0 Å². The number of likely N-dealkylation sites (tertiary alicyclic amines) is 1. The summed E-state index contributed by atoms with van der Waals surface area (Å²) in [4.78, 5) is 26.8. The fourth-order valence-corrected chi connectivity index (χ4v) is 1.85. The quantitative estimate of drug-likeness (QED) is 0.804. The lowest BCUT2D eigenvalue weighted by molar-refractivity contribution is -0.00113. The topological polar surface area (TPSA) is 91.1 Å². The number of aromatic nitrogens is 3. The minimum Gasteiger partial charge on any atom is -0.444 e. The van der Waals surface area contributed by atoms with Gasteiger partial charge in [-0.05, 0) is 20.8 Å². The van der Waals surface area contributed by atoms with Crippen molar-refractivity contribution in [2.24, 2.45) is 5.92 Å². The Bertz CT molecular complexity index is 479. The largest absolute Gasteiger partial charge is 0.444 e. The summed E-state index contributed by atoms with van der Waals surface area (Å²) in [6.07, 6.45) is 0.382. The van der Waals surface area contributed by atoms with Gasteiger partial charge in [0.1, 0.15) is 11.4 Å². The number of amides is 1. The summed E-state index contributed by atoms with van der Waals surface area (Å²) in [7, 11) is 0. The van der Waals surface area contributed by atoms with Crippen LogP contribution in [0.3, 0.4) is 0 Å². The van der Waals surface area contributed by atoms with Crippen molar-refractivity contribution in [1.82, 2.24) is 20.1 Å². The summed E-state index contributed by atoms with van der Waals surface area (Å²) >= 11 is 0. The number of hydrogen-bond donors (Lipinski definition) is 2. The van der Waals surface area contributed by atoms with E-state index in [1.165, 1.54) is 0 Å². The fraction of sp³-hybridized carbons (Fsp3) is 0.727. The first-order valence-electron chi connectivity index (χ1n) is 5.95. The Hall–Kier alpha value is -1.79. The maximum absolute atomic E-state index is 11.7. The van der Waals surface area contributed by atoms with Crippen molar-refractivity contribution in [3.63, 3.8) is 0 Å². The van der Waals surface area contributed by atoms with Crippen LogP contribution in [0.25, 0.3) is 0 Å². The second kappa shape index (κ2) is 4.47. The molecule has 100 valence electrons. The smallest absolute Gasteiger partial charge is 0.410 e. The lowest BCUT2D eigenvalue weighted by Gasteiger charge is -2.39. The summed E-state index contributed by atoms with van der Waals surface area (Å²) in [6.45, 7) is 6.82. The second-order valence-electron chi connectivity index (χ2n) is 5.58. The van der Waals surface area contributed by atoms with Crippen molar-refractivity contribution in [2.75, 3.05) is 13.1 Å².